The van der Waals surface area contributed by atoms with Crippen LogP contribution in [0.3, 0.4) is 0 Å². The molecule has 0 amide bonds. The molecule has 12 heteroatoms. The van der Waals surface area contributed by atoms with E-state index in [-0.39, 0.29) is 12.4 Å². The fourth-order valence-corrected chi connectivity index (χ4v) is 3.93. The Balaban J connectivity index is 2.41. The van der Waals surface area contributed by atoms with Crippen molar-refractivity contribution in [1.82, 2.24) is 0 Å². The number of benzene rings is 1. The summed E-state index contributed by atoms with van der Waals surface area (Å²) in [5, 5.41) is 13.2. The van der Waals surface area contributed by atoms with Crippen molar-refractivity contribution in [3.8, 4) is 5.75 Å². The third kappa shape index (κ3) is 6.55. The number of carbonyl (C=O) groups excluding carboxylic acids is 3. The van der Waals surface area contributed by atoms with Gasteiger partial charge in [0.15, 0.2) is 12.2 Å². The Bertz CT molecular complexity index is 827. The third-order valence-electron chi connectivity index (χ3n) is 3.94. The number of hydrogen-bond acceptors (Lipinski definition) is 10. The number of ether oxygens (including phenoxy) is 4. The number of rotatable bonds is 7. The van der Waals surface area contributed by atoms with Gasteiger partial charge < -0.3 is 24.1 Å². The van der Waals surface area contributed by atoms with Gasteiger partial charge in [-0.05, 0) is 29.8 Å². The summed E-state index contributed by atoms with van der Waals surface area (Å²) in [5.41, 5.74) is 8.17. The smallest absolute Gasteiger partial charge is 0.303 e. The van der Waals surface area contributed by atoms with Crippen LogP contribution in [0.5, 0.6) is 5.75 Å². The van der Waals surface area contributed by atoms with Crippen LogP contribution < -0.4 is 0 Å². The molecule has 11 nitrogen and oxygen atoms in total. The molecule has 162 valence electrons. The van der Waals surface area contributed by atoms with Crippen LogP contribution in [-0.4, -0.2) is 59.4 Å². The molecular weight excluding hydrogens is 418 g/mol. The van der Waals surface area contributed by atoms with Crippen LogP contribution in [0, 0.1) is 0 Å². The molecule has 30 heavy (non-hydrogen) atoms. The summed E-state index contributed by atoms with van der Waals surface area (Å²) in [6.07, 6.45) is -3.33. The highest BCUT2D eigenvalue weighted by molar-refractivity contribution is 7.99. The first-order valence-electron chi connectivity index (χ1n) is 8.84. The standard InChI is InChI=1S/C18H21N3O8S/c1-9(22)26-8-14-16(27-10(2)23)17(28-11(3)24)15(20-21-19)18(29-14)30-13-6-4-12(25)5-7-13/h4-7,14-18,25H,8H2,1-3H3/t14-,15-,16-,17-,18?/m1/s1. The Morgan fingerprint density at radius 3 is 2.23 bits per heavy atom. The van der Waals surface area contributed by atoms with Gasteiger partial charge in [-0.25, -0.2) is 0 Å². The number of aromatic hydroxyl groups is 1. The topological polar surface area (TPSA) is 157 Å². The fourth-order valence-electron chi connectivity index (χ4n) is 2.82. The van der Waals surface area contributed by atoms with Gasteiger partial charge in [0.05, 0.1) is 0 Å². The highest BCUT2D eigenvalue weighted by atomic mass is 32.2. The van der Waals surface area contributed by atoms with Crippen molar-refractivity contribution in [3.63, 3.8) is 0 Å². The van der Waals surface area contributed by atoms with Crippen molar-refractivity contribution in [1.29, 1.82) is 0 Å². The van der Waals surface area contributed by atoms with Gasteiger partial charge in [0.1, 0.15) is 29.9 Å². The van der Waals surface area contributed by atoms with Gasteiger partial charge in [0, 0.05) is 30.6 Å². The average molecular weight is 439 g/mol. The van der Waals surface area contributed by atoms with Gasteiger partial charge >= 0.3 is 17.9 Å². The molecule has 0 aromatic heterocycles. The average Bonchev–Trinajstić information content (AvgIpc) is 2.66. The van der Waals surface area contributed by atoms with Crippen molar-refractivity contribution in [2.45, 2.75) is 55.5 Å². The summed E-state index contributed by atoms with van der Waals surface area (Å²) in [5.74, 6) is -1.88. The number of esters is 3. The Hall–Kier alpha value is -2.95. The number of phenolic OH excluding ortho intramolecular Hbond substituents is 1. The maximum atomic E-state index is 11.7. The van der Waals surface area contributed by atoms with E-state index in [1.54, 1.807) is 12.1 Å². The van der Waals surface area contributed by atoms with Crippen LogP contribution in [0.4, 0.5) is 0 Å². The molecule has 0 spiro atoms. The van der Waals surface area contributed by atoms with Gasteiger partial charge in [0.25, 0.3) is 0 Å². The minimum atomic E-state index is -1.17. The SMILES string of the molecule is CC(=O)OC[C@H]1OC(Sc2ccc(O)cc2)[C@H](N=[N+]=[N-])[C@@H](OC(C)=O)[C@@H]1OC(C)=O. The van der Waals surface area contributed by atoms with E-state index >= 15 is 0 Å². The zero-order chi connectivity index (χ0) is 22.3. The molecule has 1 heterocycles. The molecule has 1 saturated heterocycles. The lowest BCUT2D eigenvalue weighted by Gasteiger charge is -2.43. The second kappa shape index (κ2) is 10.7. The summed E-state index contributed by atoms with van der Waals surface area (Å²) in [4.78, 5) is 38.1. The molecule has 0 bridgehead atoms. The number of carbonyl (C=O) groups is 3. The number of thioether (sulfide) groups is 1. The van der Waals surface area contributed by atoms with E-state index in [0.717, 1.165) is 25.6 Å². The van der Waals surface area contributed by atoms with Gasteiger partial charge in [-0.2, -0.15) is 0 Å². The summed E-state index contributed by atoms with van der Waals surface area (Å²) in [7, 11) is 0. The Morgan fingerprint density at radius 1 is 1.10 bits per heavy atom. The lowest BCUT2D eigenvalue weighted by Crippen LogP contribution is -2.59. The maximum absolute atomic E-state index is 11.7. The van der Waals surface area contributed by atoms with E-state index < -0.39 is 47.7 Å². The van der Waals surface area contributed by atoms with Crippen LogP contribution >= 0.6 is 11.8 Å². The quantitative estimate of drug-likeness (QED) is 0.221. The molecule has 1 aliphatic rings. The predicted molar refractivity (Wildman–Crippen MR) is 103 cm³/mol. The summed E-state index contributed by atoms with van der Waals surface area (Å²) in [6, 6.07) is 5.12. The third-order valence-corrected chi connectivity index (χ3v) is 5.11. The summed E-state index contributed by atoms with van der Waals surface area (Å²) in [6.45, 7) is 3.25. The van der Waals surface area contributed by atoms with Gasteiger partial charge in [-0.3, -0.25) is 14.4 Å². The molecule has 5 atom stereocenters. The van der Waals surface area contributed by atoms with Crippen molar-refractivity contribution in [2.24, 2.45) is 5.11 Å². The highest BCUT2D eigenvalue weighted by Crippen LogP contribution is 2.37. The van der Waals surface area contributed by atoms with Crippen molar-refractivity contribution in [2.75, 3.05) is 6.61 Å². The zero-order valence-electron chi connectivity index (χ0n) is 16.5. The van der Waals surface area contributed by atoms with E-state index in [1.165, 1.54) is 19.1 Å². The minimum Gasteiger partial charge on any atom is -0.508 e. The van der Waals surface area contributed by atoms with Gasteiger partial charge in [-0.15, -0.1) is 0 Å². The number of hydrogen-bond donors (Lipinski definition) is 1. The largest absolute Gasteiger partial charge is 0.508 e. The van der Waals surface area contributed by atoms with E-state index in [1.807, 2.05) is 0 Å². The molecule has 1 aromatic carbocycles. The number of nitrogens with zero attached hydrogens (tertiary/aromatic N) is 3. The molecule has 0 radical (unpaired) electrons. The molecule has 1 aromatic rings. The van der Waals surface area contributed by atoms with Gasteiger partial charge in [0.2, 0.25) is 0 Å². The molecule has 0 saturated carbocycles. The van der Waals surface area contributed by atoms with Crippen LogP contribution in [0.15, 0.2) is 34.3 Å². The van der Waals surface area contributed by atoms with Crippen LogP contribution in [-0.2, 0) is 33.3 Å². The predicted octanol–water partition coefficient (Wildman–Crippen LogP) is 2.31. The molecule has 1 aliphatic heterocycles. The van der Waals surface area contributed by atoms with Crippen molar-refractivity contribution in [3.05, 3.63) is 34.7 Å². The maximum Gasteiger partial charge on any atom is 0.303 e. The Morgan fingerprint density at radius 2 is 1.70 bits per heavy atom. The molecule has 1 unspecified atom stereocenters. The van der Waals surface area contributed by atoms with Crippen molar-refractivity contribution < 1.29 is 38.4 Å². The summed E-state index contributed by atoms with van der Waals surface area (Å²) >= 11 is 1.14. The van der Waals surface area contributed by atoms with Crippen molar-refractivity contribution >= 4 is 29.7 Å². The molecule has 0 aliphatic carbocycles. The van der Waals surface area contributed by atoms with Crippen LogP contribution in [0.2, 0.25) is 0 Å². The van der Waals surface area contributed by atoms with E-state index in [0.29, 0.717) is 4.90 Å². The monoisotopic (exact) mass is 439 g/mol. The van der Waals surface area contributed by atoms with Gasteiger partial charge in [-0.1, -0.05) is 16.9 Å². The second-order valence-electron chi connectivity index (χ2n) is 6.30. The second-order valence-corrected chi connectivity index (χ2v) is 7.47. The Kier molecular flexibility index (Phi) is 8.34. The Labute approximate surface area is 176 Å². The lowest BCUT2D eigenvalue weighted by molar-refractivity contribution is -0.208. The normalized spacial score (nSPS) is 25.5. The fraction of sp³-hybridized carbons (Fsp3) is 0.500. The van der Waals surface area contributed by atoms with E-state index in [4.69, 9.17) is 24.5 Å². The number of azide groups is 1. The highest BCUT2D eigenvalue weighted by Gasteiger charge is 2.50. The van der Waals surface area contributed by atoms with E-state index in [9.17, 15) is 19.5 Å². The molecule has 2 rings (SSSR count). The zero-order valence-corrected chi connectivity index (χ0v) is 17.3. The first-order valence-corrected chi connectivity index (χ1v) is 9.72. The molecular formula is C18H21N3O8S. The van der Waals surface area contributed by atoms with Crippen LogP contribution in [0.1, 0.15) is 20.8 Å². The minimum absolute atomic E-state index is 0.0657. The van der Waals surface area contributed by atoms with E-state index in [2.05, 4.69) is 10.0 Å². The first-order chi connectivity index (χ1) is 14.2. The summed E-state index contributed by atoms with van der Waals surface area (Å²) < 4.78 is 21.6. The first kappa shape index (κ1) is 23.3. The lowest BCUT2D eigenvalue weighted by atomic mass is 9.98. The van der Waals surface area contributed by atoms with Crippen LogP contribution in [0.25, 0.3) is 10.4 Å². The molecule has 1 N–H and O–H groups in total. The molecule has 1 fully saturated rings. The number of phenols is 1.